The van der Waals surface area contributed by atoms with E-state index in [0.29, 0.717) is 32.8 Å². The van der Waals surface area contributed by atoms with Gasteiger partial charge in [0.05, 0.1) is 45.2 Å². The molecular formula is C33H43NO5. The molecule has 5 atom stereocenters. The molecule has 1 unspecified atom stereocenters. The smallest absolute Gasteiger partial charge is 0.103 e. The fourth-order valence-corrected chi connectivity index (χ4v) is 5.59. The molecule has 4 rings (SSSR count). The highest BCUT2D eigenvalue weighted by atomic mass is 16.5. The number of rotatable bonds is 13. The van der Waals surface area contributed by atoms with Crippen LogP contribution in [0.2, 0.25) is 0 Å². The zero-order valence-corrected chi connectivity index (χ0v) is 23.4. The van der Waals surface area contributed by atoms with E-state index in [4.69, 9.17) is 14.2 Å². The van der Waals surface area contributed by atoms with Gasteiger partial charge in [-0.15, -0.1) is 0 Å². The van der Waals surface area contributed by atoms with Crippen LogP contribution in [-0.2, 0) is 34.0 Å². The molecule has 0 radical (unpaired) electrons. The van der Waals surface area contributed by atoms with Gasteiger partial charge in [0.2, 0.25) is 0 Å². The number of aliphatic hydroxyl groups excluding tert-OH is 2. The summed E-state index contributed by atoms with van der Waals surface area (Å²) in [6, 6.07) is 30.1. The Hall–Kier alpha value is -2.58. The number of ether oxygens (including phenoxy) is 3. The van der Waals surface area contributed by atoms with Crippen LogP contribution in [0.15, 0.2) is 91.0 Å². The van der Waals surface area contributed by atoms with E-state index in [0.717, 1.165) is 16.7 Å². The van der Waals surface area contributed by atoms with E-state index in [1.807, 2.05) is 66.7 Å². The van der Waals surface area contributed by atoms with Gasteiger partial charge in [0.25, 0.3) is 0 Å². The summed E-state index contributed by atoms with van der Waals surface area (Å²) in [6.45, 7) is 8.03. The van der Waals surface area contributed by atoms with Crippen LogP contribution in [0, 0.1) is 0 Å². The maximum atomic E-state index is 10.6. The molecule has 0 spiro atoms. The van der Waals surface area contributed by atoms with Crippen LogP contribution in [0.1, 0.15) is 43.9 Å². The van der Waals surface area contributed by atoms with E-state index in [9.17, 15) is 10.2 Å². The predicted molar refractivity (Wildman–Crippen MR) is 153 cm³/mol. The Balaban J connectivity index is 1.63. The molecule has 0 amide bonds. The van der Waals surface area contributed by atoms with Gasteiger partial charge in [-0.1, -0.05) is 91.0 Å². The minimum absolute atomic E-state index is 0.117. The lowest BCUT2D eigenvalue weighted by molar-refractivity contribution is -0.0892. The standard InChI is InChI=1S/C33H43NO5/c1-33(2,3)34-29(19-28(36)20-35)31(38-22-26-15-9-5-10-16-26)32(39-23-27-17-11-6-12-18-27)30(34)24-37-21-25-13-7-4-8-14-25/h4-18,28-32,35-36H,19-24H2,1-3H3/t28?,29-,30-,31-,32-/m1/s1. The third-order valence-electron chi connectivity index (χ3n) is 7.27. The van der Waals surface area contributed by atoms with Crippen molar-refractivity contribution < 1.29 is 24.4 Å². The molecule has 6 heteroatoms. The summed E-state index contributed by atoms with van der Waals surface area (Å²) in [7, 11) is 0. The lowest BCUT2D eigenvalue weighted by Gasteiger charge is -2.42. The summed E-state index contributed by atoms with van der Waals surface area (Å²) >= 11 is 0. The van der Waals surface area contributed by atoms with E-state index >= 15 is 0 Å². The Morgan fingerprint density at radius 3 is 1.56 bits per heavy atom. The van der Waals surface area contributed by atoms with Gasteiger partial charge in [0.15, 0.2) is 0 Å². The van der Waals surface area contributed by atoms with Crippen molar-refractivity contribution in [2.24, 2.45) is 0 Å². The summed E-state index contributed by atoms with van der Waals surface area (Å²) in [5.74, 6) is 0. The number of likely N-dealkylation sites (tertiary alicyclic amines) is 1. The van der Waals surface area contributed by atoms with Gasteiger partial charge in [0.1, 0.15) is 12.2 Å². The largest absolute Gasteiger partial charge is 0.394 e. The molecule has 0 saturated carbocycles. The zero-order chi connectivity index (χ0) is 27.7. The number of hydrogen-bond acceptors (Lipinski definition) is 6. The molecule has 1 saturated heterocycles. The van der Waals surface area contributed by atoms with Crippen LogP contribution >= 0.6 is 0 Å². The Morgan fingerprint density at radius 2 is 1.13 bits per heavy atom. The van der Waals surface area contributed by atoms with E-state index in [1.165, 1.54) is 0 Å². The molecule has 0 aliphatic carbocycles. The Kier molecular flexibility index (Phi) is 10.7. The summed E-state index contributed by atoms with van der Waals surface area (Å²) in [5, 5.41) is 20.4. The maximum Gasteiger partial charge on any atom is 0.103 e. The lowest BCUT2D eigenvalue weighted by Crippen LogP contribution is -2.53. The monoisotopic (exact) mass is 533 g/mol. The first-order valence-electron chi connectivity index (χ1n) is 13.9. The third-order valence-corrected chi connectivity index (χ3v) is 7.27. The average molecular weight is 534 g/mol. The van der Waals surface area contributed by atoms with Gasteiger partial charge in [-0.25, -0.2) is 0 Å². The number of aliphatic hydroxyl groups is 2. The Bertz CT molecular complexity index is 1090. The first-order chi connectivity index (χ1) is 18.9. The molecule has 1 fully saturated rings. The van der Waals surface area contributed by atoms with Gasteiger partial charge in [-0.05, 0) is 43.9 Å². The second-order valence-corrected chi connectivity index (χ2v) is 11.3. The maximum absolute atomic E-state index is 10.6. The molecule has 0 bridgehead atoms. The molecular weight excluding hydrogens is 490 g/mol. The van der Waals surface area contributed by atoms with Gasteiger partial charge in [0, 0.05) is 11.6 Å². The zero-order valence-electron chi connectivity index (χ0n) is 23.4. The van der Waals surface area contributed by atoms with Crippen molar-refractivity contribution in [2.75, 3.05) is 13.2 Å². The molecule has 1 heterocycles. The van der Waals surface area contributed by atoms with Crippen LogP contribution in [0.4, 0.5) is 0 Å². The highest BCUT2D eigenvalue weighted by molar-refractivity contribution is 5.16. The first kappa shape index (κ1) is 29.4. The van der Waals surface area contributed by atoms with Crippen molar-refractivity contribution in [3.63, 3.8) is 0 Å². The van der Waals surface area contributed by atoms with Crippen molar-refractivity contribution in [1.29, 1.82) is 0 Å². The summed E-state index contributed by atoms with van der Waals surface area (Å²) in [4.78, 5) is 2.38. The first-order valence-corrected chi connectivity index (χ1v) is 13.9. The van der Waals surface area contributed by atoms with Gasteiger partial charge in [-0.2, -0.15) is 0 Å². The molecule has 39 heavy (non-hydrogen) atoms. The Morgan fingerprint density at radius 1 is 0.692 bits per heavy atom. The second kappa shape index (κ2) is 14.2. The minimum Gasteiger partial charge on any atom is -0.394 e. The van der Waals surface area contributed by atoms with E-state index in [2.05, 4.69) is 49.9 Å². The van der Waals surface area contributed by atoms with Gasteiger partial charge in [-0.3, -0.25) is 4.90 Å². The highest BCUT2D eigenvalue weighted by Crippen LogP contribution is 2.39. The predicted octanol–water partition coefficient (Wildman–Crippen LogP) is 4.97. The van der Waals surface area contributed by atoms with Crippen molar-refractivity contribution in [3.8, 4) is 0 Å². The van der Waals surface area contributed by atoms with Gasteiger partial charge < -0.3 is 24.4 Å². The quantitative estimate of drug-likeness (QED) is 0.323. The van der Waals surface area contributed by atoms with Crippen molar-refractivity contribution >= 4 is 0 Å². The summed E-state index contributed by atoms with van der Waals surface area (Å²) in [6.07, 6.45) is -1.13. The van der Waals surface area contributed by atoms with Crippen LogP contribution in [0.25, 0.3) is 0 Å². The second-order valence-electron chi connectivity index (χ2n) is 11.3. The molecule has 2 N–H and O–H groups in total. The van der Waals surface area contributed by atoms with E-state index < -0.39 is 6.10 Å². The van der Waals surface area contributed by atoms with Crippen LogP contribution in [0.5, 0.6) is 0 Å². The fraction of sp³-hybridized carbons (Fsp3) is 0.455. The van der Waals surface area contributed by atoms with Crippen LogP contribution < -0.4 is 0 Å². The van der Waals surface area contributed by atoms with E-state index in [-0.39, 0.29) is 36.4 Å². The van der Waals surface area contributed by atoms with Crippen LogP contribution in [-0.4, -0.2) is 64.3 Å². The summed E-state index contributed by atoms with van der Waals surface area (Å²) < 4.78 is 19.7. The minimum atomic E-state index is -0.860. The Labute approximate surface area is 233 Å². The summed E-state index contributed by atoms with van der Waals surface area (Å²) in [5.41, 5.74) is 3.01. The molecule has 6 nitrogen and oxygen atoms in total. The number of benzene rings is 3. The number of nitrogens with zero attached hydrogens (tertiary/aromatic N) is 1. The lowest BCUT2D eigenvalue weighted by atomic mass is 9.99. The SMILES string of the molecule is CC(C)(C)N1[C@H](COCc2ccccc2)[C@@H](OCc2ccccc2)[C@H](OCc2ccccc2)[C@H]1CC(O)CO. The molecule has 3 aromatic rings. The van der Waals surface area contributed by atoms with Crippen molar-refractivity contribution in [1.82, 2.24) is 4.90 Å². The fourth-order valence-electron chi connectivity index (χ4n) is 5.59. The van der Waals surface area contributed by atoms with E-state index in [1.54, 1.807) is 0 Å². The normalized spacial score (nSPS) is 22.7. The van der Waals surface area contributed by atoms with Crippen molar-refractivity contribution in [3.05, 3.63) is 108 Å². The average Bonchev–Trinajstić information content (AvgIpc) is 3.24. The third kappa shape index (κ3) is 8.21. The van der Waals surface area contributed by atoms with Crippen LogP contribution in [0.3, 0.4) is 0 Å². The molecule has 3 aromatic carbocycles. The van der Waals surface area contributed by atoms with Crippen molar-refractivity contribution in [2.45, 2.75) is 82.9 Å². The highest BCUT2D eigenvalue weighted by Gasteiger charge is 2.54. The number of hydrogen-bond donors (Lipinski definition) is 2. The molecule has 0 aromatic heterocycles. The van der Waals surface area contributed by atoms with Gasteiger partial charge >= 0.3 is 0 Å². The molecule has 210 valence electrons. The molecule has 1 aliphatic heterocycles. The molecule has 1 aliphatic rings. The topological polar surface area (TPSA) is 71.4 Å².